The van der Waals surface area contributed by atoms with Gasteiger partial charge in [0, 0.05) is 55.3 Å². The molecular weight excluding hydrogens is 466 g/mol. The van der Waals surface area contributed by atoms with E-state index in [-0.39, 0.29) is 18.2 Å². The van der Waals surface area contributed by atoms with E-state index in [1.807, 2.05) is 42.6 Å². The molecule has 4 heterocycles. The Morgan fingerprint density at radius 2 is 1.92 bits per heavy atom. The van der Waals surface area contributed by atoms with Crippen LogP contribution in [0, 0.1) is 22.7 Å². The van der Waals surface area contributed by atoms with Crippen molar-refractivity contribution >= 4 is 17.6 Å². The zero-order valence-corrected chi connectivity index (χ0v) is 20.0. The zero-order valence-electron chi connectivity index (χ0n) is 20.0. The lowest BCUT2D eigenvalue weighted by molar-refractivity contribution is -0.145. The molecule has 1 unspecified atom stereocenters. The number of imidazole rings is 1. The molecule has 1 N–H and O–H groups in total. The monoisotopic (exact) mass is 489 g/mol. The van der Waals surface area contributed by atoms with Gasteiger partial charge in [0.2, 0.25) is 5.91 Å². The van der Waals surface area contributed by atoms with E-state index in [9.17, 15) is 14.7 Å². The van der Waals surface area contributed by atoms with E-state index in [0.29, 0.717) is 31.5 Å². The predicted molar refractivity (Wildman–Crippen MR) is 136 cm³/mol. The summed E-state index contributed by atoms with van der Waals surface area (Å²) in [5, 5.41) is 18.8. The highest BCUT2D eigenvalue weighted by Gasteiger charge is 2.58. The Labute approximate surface area is 213 Å². The van der Waals surface area contributed by atoms with Crippen molar-refractivity contribution in [3.05, 3.63) is 78.2 Å². The number of rotatable bonds is 4. The SMILES string of the molecule is N#Cc1ccc(-c2cc3n(c2)Cc2cc(N4CC(C5(C(=O)O)CC5)CC4=O)ccc2-n2ccnc2-3)cc1. The Kier molecular flexibility index (Phi) is 4.49. The molecule has 4 aromatic rings. The van der Waals surface area contributed by atoms with Gasteiger partial charge < -0.3 is 14.6 Å². The van der Waals surface area contributed by atoms with Gasteiger partial charge in [-0.25, -0.2) is 4.98 Å². The summed E-state index contributed by atoms with van der Waals surface area (Å²) in [6.45, 7) is 1.04. The van der Waals surface area contributed by atoms with Gasteiger partial charge in [-0.3, -0.25) is 14.2 Å². The minimum absolute atomic E-state index is 0.0147. The fraction of sp³-hybridized carbons (Fsp3) is 0.241. The van der Waals surface area contributed by atoms with Gasteiger partial charge in [-0.1, -0.05) is 12.1 Å². The van der Waals surface area contributed by atoms with Crippen LogP contribution in [-0.2, 0) is 16.1 Å². The summed E-state index contributed by atoms with van der Waals surface area (Å²) in [6, 6.07) is 17.8. The summed E-state index contributed by atoms with van der Waals surface area (Å²) in [7, 11) is 0. The smallest absolute Gasteiger partial charge is 0.309 e. The summed E-state index contributed by atoms with van der Waals surface area (Å²) in [5.74, 6) is -0.109. The molecule has 1 aliphatic carbocycles. The highest BCUT2D eigenvalue weighted by molar-refractivity contribution is 5.97. The quantitative estimate of drug-likeness (QED) is 0.401. The minimum atomic E-state index is -0.778. The van der Waals surface area contributed by atoms with Gasteiger partial charge in [0.15, 0.2) is 5.82 Å². The van der Waals surface area contributed by atoms with Gasteiger partial charge in [0.1, 0.15) is 0 Å². The van der Waals surface area contributed by atoms with Crippen molar-refractivity contribution in [2.75, 3.05) is 11.4 Å². The van der Waals surface area contributed by atoms with E-state index in [1.165, 1.54) is 0 Å². The molecule has 2 aromatic carbocycles. The van der Waals surface area contributed by atoms with Crippen LogP contribution in [0.4, 0.5) is 5.69 Å². The molecule has 182 valence electrons. The largest absolute Gasteiger partial charge is 0.481 e. The van der Waals surface area contributed by atoms with Crippen molar-refractivity contribution in [2.24, 2.45) is 11.3 Å². The van der Waals surface area contributed by atoms with E-state index >= 15 is 0 Å². The molecule has 2 aliphatic heterocycles. The molecule has 8 heteroatoms. The Hall–Kier alpha value is -4.64. The number of hydrogen-bond donors (Lipinski definition) is 1. The average Bonchev–Trinajstić information content (AvgIpc) is 3.22. The van der Waals surface area contributed by atoms with E-state index in [2.05, 4.69) is 38.5 Å². The molecule has 1 saturated carbocycles. The van der Waals surface area contributed by atoms with Gasteiger partial charge in [0.05, 0.1) is 28.4 Å². The first-order chi connectivity index (χ1) is 18.0. The number of fused-ring (bicyclic) bond motifs is 5. The highest BCUT2D eigenvalue weighted by atomic mass is 16.4. The van der Waals surface area contributed by atoms with E-state index in [0.717, 1.165) is 39.6 Å². The number of carboxylic acids is 1. The second kappa shape index (κ2) is 7.68. The van der Waals surface area contributed by atoms with Gasteiger partial charge in [-0.15, -0.1) is 0 Å². The molecule has 0 bridgehead atoms. The maximum atomic E-state index is 13.0. The normalized spacial score (nSPS) is 18.9. The van der Waals surface area contributed by atoms with Crippen LogP contribution in [-0.4, -0.2) is 37.6 Å². The number of nitriles is 1. The lowest BCUT2D eigenvalue weighted by atomic mass is 9.88. The maximum absolute atomic E-state index is 13.0. The van der Waals surface area contributed by atoms with Crippen molar-refractivity contribution in [1.29, 1.82) is 5.26 Å². The lowest BCUT2D eigenvalue weighted by Crippen LogP contribution is -2.29. The van der Waals surface area contributed by atoms with Gasteiger partial charge in [-0.05, 0) is 60.4 Å². The van der Waals surface area contributed by atoms with Crippen LogP contribution in [0.5, 0.6) is 0 Å². The Bertz CT molecular complexity index is 1630. The van der Waals surface area contributed by atoms with E-state index in [4.69, 9.17) is 5.26 Å². The van der Waals surface area contributed by atoms with Crippen LogP contribution in [0.3, 0.4) is 0 Å². The second-order valence-electron chi connectivity index (χ2n) is 10.2. The van der Waals surface area contributed by atoms with Crippen molar-refractivity contribution in [3.8, 4) is 34.4 Å². The van der Waals surface area contributed by atoms with Crippen molar-refractivity contribution in [1.82, 2.24) is 14.1 Å². The van der Waals surface area contributed by atoms with Gasteiger partial charge >= 0.3 is 5.97 Å². The third-order valence-electron chi connectivity index (χ3n) is 8.21. The zero-order chi connectivity index (χ0) is 25.3. The highest BCUT2D eigenvalue weighted by Crippen LogP contribution is 2.55. The Balaban J connectivity index is 1.26. The van der Waals surface area contributed by atoms with Gasteiger partial charge in [-0.2, -0.15) is 5.26 Å². The fourth-order valence-electron chi connectivity index (χ4n) is 5.95. The van der Waals surface area contributed by atoms with Crippen molar-refractivity contribution in [3.63, 3.8) is 0 Å². The molecule has 3 aliphatic rings. The minimum Gasteiger partial charge on any atom is -0.481 e. The first kappa shape index (κ1) is 21.6. The molecule has 2 fully saturated rings. The number of benzene rings is 2. The summed E-state index contributed by atoms with van der Waals surface area (Å²) < 4.78 is 4.24. The van der Waals surface area contributed by atoms with Gasteiger partial charge in [0.25, 0.3) is 0 Å². The van der Waals surface area contributed by atoms with Crippen LogP contribution in [0.25, 0.3) is 28.3 Å². The molecule has 37 heavy (non-hydrogen) atoms. The second-order valence-corrected chi connectivity index (χ2v) is 10.2. The topological polar surface area (TPSA) is 104 Å². The van der Waals surface area contributed by atoms with E-state index in [1.54, 1.807) is 11.1 Å². The number of hydrogen-bond acceptors (Lipinski definition) is 4. The number of carbonyl (C=O) groups excluding carboxylic acids is 1. The van der Waals surface area contributed by atoms with Crippen LogP contribution < -0.4 is 4.90 Å². The molecule has 8 nitrogen and oxygen atoms in total. The molecule has 7 rings (SSSR count). The molecule has 1 saturated heterocycles. The molecule has 0 radical (unpaired) electrons. The maximum Gasteiger partial charge on any atom is 0.309 e. The number of carbonyl (C=O) groups is 2. The third kappa shape index (κ3) is 3.24. The lowest BCUT2D eigenvalue weighted by Gasteiger charge is -2.21. The number of anilines is 1. The van der Waals surface area contributed by atoms with E-state index < -0.39 is 11.4 Å². The first-order valence-electron chi connectivity index (χ1n) is 12.4. The molecule has 0 spiro atoms. The summed E-state index contributed by atoms with van der Waals surface area (Å²) in [4.78, 5) is 31.2. The molecule has 2 aromatic heterocycles. The molecular formula is C29H23N5O3. The van der Waals surface area contributed by atoms with Crippen molar-refractivity contribution < 1.29 is 14.7 Å². The van der Waals surface area contributed by atoms with Crippen LogP contribution in [0.2, 0.25) is 0 Å². The number of nitrogens with zero attached hydrogens (tertiary/aromatic N) is 5. The van der Waals surface area contributed by atoms with Crippen molar-refractivity contribution in [2.45, 2.75) is 25.8 Å². The summed E-state index contributed by atoms with van der Waals surface area (Å²) >= 11 is 0. The predicted octanol–water partition coefficient (Wildman–Crippen LogP) is 4.46. The first-order valence-corrected chi connectivity index (χ1v) is 12.4. The summed E-state index contributed by atoms with van der Waals surface area (Å²) in [6.07, 6.45) is 7.41. The molecule has 1 amide bonds. The summed E-state index contributed by atoms with van der Waals surface area (Å²) in [5.41, 5.74) is 5.79. The van der Waals surface area contributed by atoms with Crippen LogP contribution in [0.1, 0.15) is 30.4 Å². The number of aliphatic carboxylic acids is 1. The standard InChI is InChI=1S/C29H23N5O3/c30-14-18-1-3-19(4-2-18)20-12-25-27-31-9-10-33(27)24-6-5-23(11-21(24)16-32(25)15-20)34-17-22(13-26(34)35)29(7-8-29)28(36)37/h1-6,9-12,15,22H,7-8,13,16-17H2,(H,36,37). The Morgan fingerprint density at radius 3 is 2.65 bits per heavy atom. The average molecular weight is 490 g/mol. The number of aromatic nitrogens is 3. The third-order valence-corrected chi connectivity index (χ3v) is 8.21. The van der Waals surface area contributed by atoms with Crippen LogP contribution in [0.15, 0.2) is 67.1 Å². The Morgan fingerprint density at radius 1 is 1.11 bits per heavy atom. The van der Waals surface area contributed by atoms with Crippen LogP contribution >= 0.6 is 0 Å². The molecule has 1 atom stereocenters. The fourth-order valence-corrected chi connectivity index (χ4v) is 5.95. The number of carboxylic acid groups (broad SMARTS) is 1. The number of amides is 1.